The molecule has 2 aromatic heterocycles. The monoisotopic (exact) mass is 797 g/mol. The maximum atomic E-state index is 18.0. The number of hydrogen-bond donors (Lipinski definition) is 0. The van der Waals surface area contributed by atoms with Crippen LogP contribution in [0.4, 0.5) is 23.8 Å². The summed E-state index contributed by atoms with van der Waals surface area (Å²) in [5.41, 5.74) is -0.672. The lowest BCUT2D eigenvalue weighted by molar-refractivity contribution is 0.0122. The molecule has 6 heterocycles. The standard InChI is InChI=1S/C43H46F3N7O5/c1-7-29-32(45)12-9-24-15-28(57-23-55-6)16-30(33(24)29)34-36(46)38-35(31-21-50(5)49-37(31)34)39(48-40(47-38)56-22-43-13-8-14-52(43)18-25(44)17-43)51-19-26-10-11-27(20-51)53(26)41(54)58-42(2,3)4/h1,9,12,15-16,21,25-27H,8,10-11,13-14,17-20,22-23H2,2-6H3/t25-,26-,27+,43+/m1/s1. The van der Waals surface area contributed by atoms with Gasteiger partial charge in [0.05, 0.1) is 28.6 Å². The molecule has 5 aromatic rings. The summed E-state index contributed by atoms with van der Waals surface area (Å²) in [7, 11) is 3.22. The van der Waals surface area contributed by atoms with Crippen LogP contribution in [0.1, 0.15) is 58.4 Å². The number of fused-ring (bicyclic) bond motifs is 7. The average molecular weight is 798 g/mol. The highest BCUT2D eigenvalue weighted by Crippen LogP contribution is 2.46. The van der Waals surface area contributed by atoms with Crippen LogP contribution >= 0.6 is 0 Å². The van der Waals surface area contributed by atoms with E-state index in [2.05, 4.69) is 15.7 Å². The lowest BCUT2D eigenvalue weighted by Gasteiger charge is -2.42. The Bertz CT molecular complexity index is 2500. The van der Waals surface area contributed by atoms with Gasteiger partial charge in [-0.25, -0.2) is 18.0 Å². The molecule has 0 radical (unpaired) electrons. The molecule has 4 fully saturated rings. The molecule has 4 atom stereocenters. The van der Waals surface area contributed by atoms with E-state index < -0.39 is 28.9 Å². The van der Waals surface area contributed by atoms with Gasteiger partial charge in [-0.05, 0) is 82.1 Å². The summed E-state index contributed by atoms with van der Waals surface area (Å²) in [5.74, 6) is 1.87. The summed E-state index contributed by atoms with van der Waals surface area (Å²) >= 11 is 0. The zero-order valence-electron chi connectivity index (χ0n) is 33.3. The Kier molecular flexibility index (Phi) is 9.35. The number of aromatic nitrogens is 4. The molecule has 0 spiro atoms. The van der Waals surface area contributed by atoms with Crippen LogP contribution in [-0.4, -0.2) is 112 Å². The Balaban J connectivity index is 1.25. The number of terminal acetylenes is 1. The molecule has 4 saturated heterocycles. The second-order valence-corrected chi connectivity index (χ2v) is 17.0. The van der Waals surface area contributed by atoms with Crippen molar-refractivity contribution >= 4 is 44.5 Å². The first kappa shape index (κ1) is 38.2. The largest absolute Gasteiger partial charge is 0.468 e. The Morgan fingerprint density at radius 2 is 1.83 bits per heavy atom. The third-order valence-corrected chi connectivity index (χ3v) is 12.0. The van der Waals surface area contributed by atoms with Crippen molar-refractivity contribution in [1.82, 2.24) is 29.5 Å². The Labute approximate surface area is 334 Å². The van der Waals surface area contributed by atoms with Gasteiger partial charge >= 0.3 is 12.1 Å². The first-order valence-corrected chi connectivity index (χ1v) is 19.8. The number of methoxy groups -OCH3 is 1. The van der Waals surface area contributed by atoms with Crippen molar-refractivity contribution in [3.63, 3.8) is 0 Å². The molecule has 0 unspecified atom stereocenters. The summed E-state index contributed by atoms with van der Waals surface area (Å²) < 4.78 is 73.1. The van der Waals surface area contributed by atoms with Gasteiger partial charge in [-0.15, -0.1) is 6.42 Å². The third kappa shape index (κ3) is 6.41. The first-order valence-electron chi connectivity index (χ1n) is 19.8. The highest BCUT2D eigenvalue weighted by molar-refractivity contribution is 6.18. The van der Waals surface area contributed by atoms with Gasteiger partial charge in [0.2, 0.25) is 0 Å². The molecule has 1 amide bonds. The van der Waals surface area contributed by atoms with Crippen molar-refractivity contribution in [1.29, 1.82) is 0 Å². The number of amides is 1. The van der Waals surface area contributed by atoms with Gasteiger partial charge in [0.1, 0.15) is 46.8 Å². The number of ether oxygens (including phenoxy) is 4. The van der Waals surface area contributed by atoms with E-state index in [0.717, 1.165) is 32.2 Å². The molecular weight excluding hydrogens is 752 g/mol. The van der Waals surface area contributed by atoms with Crippen LogP contribution in [-0.2, 0) is 16.5 Å². The molecule has 4 aliphatic heterocycles. The molecule has 58 heavy (non-hydrogen) atoms. The molecule has 3 aromatic carbocycles. The van der Waals surface area contributed by atoms with Crippen LogP contribution in [0.5, 0.6) is 11.8 Å². The molecule has 2 bridgehead atoms. The normalized spacial score (nSPS) is 23.3. The minimum absolute atomic E-state index is 0.0387. The molecule has 9 rings (SSSR count). The summed E-state index contributed by atoms with van der Waals surface area (Å²) in [6.45, 7) is 7.51. The number of anilines is 1. The molecule has 12 nitrogen and oxygen atoms in total. The molecule has 0 saturated carbocycles. The van der Waals surface area contributed by atoms with Crippen molar-refractivity contribution < 1.29 is 36.9 Å². The van der Waals surface area contributed by atoms with Crippen LogP contribution in [0.15, 0.2) is 30.5 Å². The number of benzene rings is 3. The lowest BCUT2D eigenvalue weighted by Crippen LogP contribution is -2.57. The van der Waals surface area contributed by atoms with Crippen molar-refractivity contribution in [3.8, 4) is 35.2 Å². The topological polar surface area (TPSA) is 107 Å². The van der Waals surface area contributed by atoms with E-state index in [0.29, 0.717) is 59.2 Å². The zero-order valence-corrected chi connectivity index (χ0v) is 33.3. The highest BCUT2D eigenvalue weighted by Gasteiger charge is 2.50. The number of carbonyl (C=O) groups is 1. The minimum Gasteiger partial charge on any atom is -0.468 e. The van der Waals surface area contributed by atoms with E-state index >= 15 is 8.78 Å². The molecule has 0 N–H and O–H groups in total. The average Bonchev–Trinajstić information content (AvgIpc) is 3.91. The van der Waals surface area contributed by atoms with Crippen LogP contribution < -0.4 is 14.4 Å². The number of aryl methyl sites for hydroxylation is 1. The number of halogens is 3. The molecule has 4 aliphatic rings. The van der Waals surface area contributed by atoms with Gasteiger partial charge < -0.3 is 23.8 Å². The smallest absolute Gasteiger partial charge is 0.410 e. The van der Waals surface area contributed by atoms with Gasteiger partial charge in [-0.3, -0.25) is 14.5 Å². The number of nitrogens with zero attached hydrogens (tertiary/aromatic N) is 7. The number of hydrogen-bond acceptors (Lipinski definition) is 10. The quantitative estimate of drug-likeness (QED) is 0.119. The van der Waals surface area contributed by atoms with Gasteiger partial charge in [-0.1, -0.05) is 12.0 Å². The fraction of sp³-hybridized carbons (Fsp3) is 0.488. The first-order chi connectivity index (χ1) is 27.8. The van der Waals surface area contributed by atoms with E-state index in [-0.39, 0.29) is 65.3 Å². The highest BCUT2D eigenvalue weighted by atomic mass is 19.1. The Morgan fingerprint density at radius 1 is 1.05 bits per heavy atom. The van der Waals surface area contributed by atoms with Crippen LogP contribution in [0.25, 0.3) is 43.7 Å². The second kappa shape index (κ2) is 14.2. The van der Waals surface area contributed by atoms with Crippen molar-refractivity contribution in [3.05, 3.63) is 47.7 Å². The Morgan fingerprint density at radius 3 is 2.55 bits per heavy atom. The Hall–Kier alpha value is -5.33. The van der Waals surface area contributed by atoms with E-state index in [1.807, 2.05) is 25.7 Å². The van der Waals surface area contributed by atoms with Gasteiger partial charge in [0.25, 0.3) is 0 Å². The number of alkyl halides is 1. The SMILES string of the molecule is C#Cc1c(F)ccc2cc(OCOC)cc(-c3c(F)c4nc(OC[C@@]56CCCN5C[C@H](F)C6)nc(N5C[C@H]6CC[C@@H](C5)N6C(=O)OC(C)(C)C)c4c4cn(C)nc34)c12. The van der Waals surface area contributed by atoms with Gasteiger partial charge in [-0.2, -0.15) is 15.1 Å². The van der Waals surface area contributed by atoms with E-state index in [4.69, 9.17) is 40.4 Å². The minimum atomic E-state index is -0.969. The maximum absolute atomic E-state index is 18.0. The van der Waals surface area contributed by atoms with Crippen molar-refractivity contribution in [2.24, 2.45) is 7.05 Å². The maximum Gasteiger partial charge on any atom is 0.410 e. The van der Waals surface area contributed by atoms with E-state index in [1.165, 1.54) is 13.2 Å². The molecule has 0 aliphatic carbocycles. The van der Waals surface area contributed by atoms with Crippen molar-refractivity contribution in [2.45, 2.75) is 82.3 Å². The lowest BCUT2D eigenvalue weighted by atomic mass is 9.91. The predicted octanol–water partition coefficient (Wildman–Crippen LogP) is 7.12. The number of piperazine rings is 1. The predicted molar refractivity (Wildman–Crippen MR) is 213 cm³/mol. The van der Waals surface area contributed by atoms with Crippen LogP contribution in [0.3, 0.4) is 0 Å². The van der Waals surface area contributed by atoms with Gasteiger partial charge in [0, 0.05) is 62.7 Å². The summed E-state index contributed by atoms with van der Waals surface area (Å²) in [5, 5.41) is 6.56. The molecule has 304 valence electrons. The molecular formula is C43H46F3N7O5. The van der Waals surface area contributed by atoms with Crippen molar-refractivity contribution in [2.75, 3.05) is 51.6 Å². The number of rotatable bonds is 8. The van der Waals surface area contributed by atoms with Gasteiger partial charge in [0.15, 0.2) is 12.6 Å². The van der Waals surface area contributed by atoms with Crippen LogP contribution in [0, 0.1) is 24.0 Å². The second-order valence-electron chi connectivity index (χ2n) is 17.0. The fourth-order valence-electron chi connectivity index (χ4n) is 9.75. The third-order valence-electron chi connectivity index (χ3n) is 12.0. The summed E-state index contributed by atoms with van der Waals surface area (Å²) in [6, 6.07) is 5.72. The van der Waals surface area contributed by atoms with E-state index in [9.17, 15) is 9.18 Å². The number of carbonyl (C=O) groups excluding carboxylic acids is 1. The van der Waals surface area contributed by atoms with E-state index in [1.54, 1.807) is 36.1 Å². The molecule has 15 heteroatoms. The summed E-state index contributed by atoms with van der Waals surface area (Å²) in [4.78, 5) is 29.3. The fourth-order valence-corrected chi connectivity index (χ4v) is 9.75. The summed E-state index contributed by atoms with van der Waals surface area (Å²) in [6.07, 6.45) is 9.90. The van der Waals surface area contributed by atoms with Crippen LogP contribution in [0.2, 0.25) is 0 Å². The zero-order chi connectivity index (χ0) is 40.7.